The molecule has 0 radical (unpaired) electrons. The van der Waals surface area contributed by atoms with Crippen molar-refractivity contribution in [1.29, 1.82) is 0 Å². The number of likely N-dealkylation sites (tertiary alicyclic amines) is 1. The molecule has 1 aliphatic rings. The lowest BCUT2D eigenvalue weighted by Gasteiger charge is -2.28. The summed E-state index contributed by atoms with van der Waals surface area (Å²) in [6.07, 6.45) is 3.15. The summed E-state index contributed by atoms with van der Waals surface area (Å²) in [4.78, 5) is 23.9. The van der Waals surface area contributed by atoms with Crippen molar-refractivity contribution < 1.29 is 9.59 Å². The third-order valence-electron chi connectivity index (χ3n) is 2.41. The molecule has 0 saturated carbocycles. The normalized spacial score (nSPS) is 19.1. The zero-order valence-electron chi connectivity index (χ0n) is 8.24. The molecule has 1 rings (SSSR count). The Balaban J connectivity index is 2.42. The van der Waals surface area contributed by atoms with Gasteiger partial charge in [0.05, 0.1) is 12.5 Å². The van der Waals surface area contributed by atoms with Crippen LogP contribution < -0.4 is 11.5 Å². The predicted octanol–water partition coefficient (Wildman–Crippen LogP) is -0.798. The van der Waals surface area contributed by atoms with E-state index in [0.717, 1.165) is 32.4 Å². The van der Waals surface area contributed by atoms with Crippen LogP contribution in [0.3, 0.4) is 0 Å². The lowest BCUT2D eigenvalue weighted by Crippen LogP contribution is -2.47. The first kappa shape index (κ1) is 11.0. The minimum atomic E-state index is -0.759. The lowest BCUT2D eigenvalue weighted by atomic mass is 10.1. The van der Waals surface area contributed by atoms with Crippen LogP contribution in [0, 0.1) is 0 Å². The largest absolute Gasteiger partial charge is 0.370 e. The van der Waals surface area contributed by atoms with Crippen LogP contribution in [0.1, 0.15) is 25.7 Å². The van der Waals surface area contributed by atoms with Gasteiger partial charge in [0.2, 0.25) is 11.8 Å². The number of nitrogens with zero attached hydrogens (tertiary/aromatic N) is 1. The van der Waals surface area contributed by atoms with Crippen molar-refractivity contribution in [2.75, 3.05) is 13.1 Å². The summed E-state index contributed by atoms with van der Waals surface area (Å²) in [5, 5.41) is 0. The molecular formula is C9H17N3O2. The number of hydrogen-bond donors (Lipinski definition) is 2. The summed E-state index contributed by atoms with van der Waals surface area (Å²) in [6.45, 7) is 1.51. The summed E-state index contributed by atoms with van der Waals surface area (Å²) in [5.41, 5.74) is 10.5. The molecule has 14 heavy (non-hydrogen) atoms. The molecule has 4 N–H and O–H groups in total. The third-order valence-corrected chi connectivity index (χ3v) is 2.41. The van der Waals surface area contributed by atoms with E-state index in [1.165, 1.54) is 0 Å². The minimum Gasteiger partial charge on any atom is -0.370 e. The van der Waals surface area contributed by atoms with E-state index in [4.69, 9.17) is 11.5 Å². The van der Waals surface area contributed by atoms with E-state index in [1.54, 1.807) is 4.90 Å². The molecule has 2 amide bonds. The zero-order valence-corrected chi connectivity index (χ0v) is 8.24. The molecular weight excluding hydrogens is 182 g/mol. The van der Waals surface area contributed by atoms with Crippen molar-refractivity contribution in [3.63, 3.8) is 0 Å². The van der Waals surface area contributed by atoms with Crippen LogP contribution in [0.15, 0.2) is 0 Å². The fourth-order valence-electron chi connectivity index (χ4n) is 1.65. The Bertz CT molecular complexity index is 224. The van der Waals surface area contributed by atoms with Gasteiger partial charge in [0.25, 0.3) is 0 Å². The summed E-state index contributed by atoms with van der Waals surface area (Å²) >= 11 is 0. The Morgan fingerprint density at radius 3 is 2.29 bits per heavy atom. The molecule has 0 bridgehead atoms. The average Bonchev–Trinajstić information content (AvgIpc) is 2.17. The maximum Gasteiger partial charge on any atom is 0.240 e. The standard InChI is InChI=1S/C9H17N3O2/c10-7(6-8(11)13)9(14)12-4-2-1-3-5-12/h7H,1-6,10H2,(H2,11,13)/t7-/m0/s1. The van der Waals surface area contributed by atoms with E-state index in [0.29, 0.717) is 0 Å². The minimum absolute atomic E-state index is 0.0602. The number of hydrogen-bond acceptors (Lipinski definition) is 3. The average molecular weight is 199 g/mol. The van der Waals surface area contributed by atoms with Crippen LogP contribution >= 0.6 is 0 Å². The van der Waals surface area contributed by atoms with E-state index in [-0.39, 0.29) is 12.3 Å². The van der Waals surface area contributed by atoms with Gasteiger partial charge in [-0.05, 0) is 19.3 Å². The van der Waals surface area contributed by atoms with Gasteiger partial charge in [0.15, 0.2) is 0 Å². The van der Waals surface area contributed by atoms with Gasteiger partial charge in [0, 0.05) is 13.1 Å². The van der Waals surface area contributed by atoms with E-state index < -0.39 is 11.9 Å². The molecule has 5 nitrogen and oxygen atoms in total. The first-order valence-electron chi connectivity index (χ1n) is 4.94. The van der Waals surface area contributed by atoms with Crippen molar-refractivity contribution in [3.8, 4) is 0 Å². The van der Waals surface area contributed by atoms with Crippen LogP contribution in [0.2, 0.25) is 0 Å². The number of carbonyl (C=O) groups is 2. The Kier molecular flexibility index (Phi) is 3.88. The molecule has 0 aliphatic carbocycles. The summed E-state index contributed by atoms with van der Waals surface area (Å²) in [7, 11) is 0. The molecule has 1 fully saturated rings. The number of rotatable bonds is 3. The topological polar surface area (TPSA) is 89.4 Å². The Morgan fingerprint density at radius 2 is 1.79 bits per heavy atom. The number of carbonyl (C=O) groups excluding carboxylic acids is 2. The van der Waals surface area contributed by atoms with Crippen LogP contribution in [-0.4, -0.2) is 35.8 Å². The van der Waals surface area contributed by atoms with Crippen molar-refractivity contribution in [2.45, 2.75) is 31.7 Å². The summed E-state index contributed by atoms with van der Waals surface area (Å²) < 4.78 is 0. The fourth-order valence-corrected chi connectivity index (χ4v) is 1.65. The molecule has 0 aromatic carbocycles. The van der Waals surface area contributed by atoms with Crippen LogP contribution in [0.4, 0.5) is 0 Å². The molecule has 5 heteroatoms. The van der Waals surface area contributed by atoms with E-state index in [2.05, 4.69) is 0 Å². The smallest absolute Gasteiger partial charge is 0.240 e. The zero-order chi connectivity index (χ0) is 10.6. The second kappa shape index (κ2) is 4.95. The number of piperidine rings is 1. The van der Waals surface area contributed by atoms with Crippen LogP contribution in [-0.2, 0) is 9.59 Å². The van der Waals surface area contributed by atoms with Crippen molar-refractivity contribution in [1.82, 2.24) is 4.90 Å². The second-order valence-corrected chi connectivity index (χ2v) is 3.66. The lowest BCUT2D eigenvalue weighted by molar-refractivity contribution is -0.135. The van der Waals surface area contributed by atoms with Gasteiger partial charge in [-0.3, -0.25) is 9.59 Å². The summed E-state index contributed by atoms with van der Waals surface area (Å²) in [6, 6.07) is -0.759. The highest BCUT2D eigenvalue weighted by Crippen LogP contribution is 2.10. The Morgan fingerprint density at radius 1 is 1.21 bits per heavy atom. The molecule has 0 spiro atoms. The predicted molar refractivity (Wildman–Crippen MR) is 52.2 cm³/mol. The molecule has 1 saturated heterocycles. The van der Waals surface area contributed by atoms with E-state index in [9.17, 15) is 9.59 Å². The SMILES string of the molecule is NC(=O)C[C@H](N)C(=O)N1CCCCC1. The van der Waals surface area contributed by atoms with Crippen molar-refractivity contribution in [3.05, 3.63) is 0 Å². The highest BCUT2D eigenvalue weighted by Gasteiger charge is 2.23. The molecule has 0 aromatic rings. The maximum absolute atomic E-state index is 11.6. The monoisotopic (exact) mass is 199 g/mol. The third kappa shape index (κ3) is 2.99. The number of amides is 2. The molecule has 1 aliphatic heterocycles. The van der Waals surface area contributed by atoms with Gasteiger partial charge in [-0.2, -0.15) is 0 Å². The Hall–Kier alpha value is -1.10. The number of primary amides is 1. The van der Waals surface area contributed by atoms with Crippen molar-refractivity contribution in [2.24, 2.45) is 11.5 Å². The highest BCUT2D eigenvalue weighted by atomic mass is 16.2. The molecule has 1 heterocycles. The maximum atomic E-state index is 11.6. The molecule has 0 unspecified atom stereocenters. The van der Waals surface area contributed by atoms with Gasteiger partial charge in [-0.1, -0.05) is 0 Å². The molecule has 80 valence electrons. The molecule has 1 atom stereocenters. The van der Waals surface area contributed by atoms with Crippen molar-refractivity contribution >= 4 is 11.8 Å². The van der Waals surface area contributed by atoms with Gasteiger partial charge in [0.1, 0.15) is 0 Å². The van der Waals surface area contributed by atoms with E-state index in [1.807, 2.05) is 0 Å². The quantitative estimate of drug-likeness (QED) is 0.623. The highest BCUT2D eigenvalue weighted by molar-refractivity contribution is 5.87. The second-order valence-electron chi connectivity index (χ2n) is 3.66. The summed E-state index contributed by atoms with van der Waals surface area (Å²) in [5.74, 6) is -0.675. The van der Waals surface area contributed by atoms with Gasteiger partial charge in [-0.15, -0.1) is 0 Å². The number of nitrogens with two attached hydrogens (primary N) is 2. The van der Waals surface area contributed by atoms with Gasteiger partial charge < -0.3 is 16.4 Å². The van der Waals surface area contributed by atoms with Gasteiger partial charge >= 0.3 is 0 Å². The first-order valence-corrected chi connectivity index (χ1v) is 4.94. The molecule has 0 aromatic heterocycles. The van der Waals surface area contributed by atoms with Gasteiger partial charge in [-0.25, -0.2) is 0 Å². The first-order chi connectivity index (χ1) is 6.61. The van der Waals surface area contributed by atoms with Crippen LogP contribution in [0.5, 0.6) is 0 Å². The Labute approximate surface area is 83.4 Å². The van der Waals surface area contributed by atoms with Crippen LogP contribution in [0.25, 0.3) is 0 Å². The van der Waals surface area contributed by atoms with E-state index >= 15 is 0 Å². The fraction of sp³-hybridized carbons (Fsp3) is 0.778.